The van der Waals surface area contributed by atoms with Crippen molar-refractivity contribution in [3.8, 4) is 22.5 Å². The van der Waals surface area contributed by atoms with Crippen molar-refractivity contribution >= 4 is 57.1 Å². The van der Waals surface area contributed by atoms with Crippen molar-refractivity contribution < 1.29 is 7.96 Å². The molecule has 0 aliphatic heterocycles. The molecule has 0 bridgehead atoms. The first-order chi connectivity index (χ1) is 14.7. The molecule has 2 heterocycles. The Labute approximate surface area is 226 Å². The van der Waals surface area contributed by atoms with Gasteiger partial charge in [-0.2, -0.15) is 5.21 Å². The van der Waals surface area contributed by atoms with Gasteiger partial charge in [-0.3, -0.25) is 0 Å². The summed E-state index contributed by atoms with van der Waals surface area (Å²) in [7, 11) is 0. The molecule has 2 N–H and O–H groups in total. The number of aliphatic hydroxyl groups is 1. The van der Waals surface area contributed by atoms with E-state index >= 15 is 0 Å². The number of rotatable bonds is 8. The summed E-state index contributed by atoms with van der Waals surface area (Å²) in [5.74, 6) is 1.48. The maximum Gasteiger partial charge on any atom is 2.00 e. The fourth-order valence-electron chi connectivity index (χ4n) is 3.55. The zero-order valence-electron chi connectivity index (χ0n) is 19.4. The number of nitrogens with one attached hydrogen (secondary N) is 1. The van der Waals surface area contributed by atoms with Gasteiger partial charge in [0.2, 0.25) is 5.82 Å². The number of aromatic nitrogens is 6. The maximum absolute atomic E-state index is 9.77. The smallest absolute Gasteiger partial charge is 1.00 e. The summed E-state index contributed by atoms with van der Waals surface area (Å²) in [5, 5.41) is 24.5. The number of halogens is 1. The Morgan fingerprint density at radius 3 is 2.48 bits per heavy atom. The van der Waals surface area contributed by atoms with Gasteiger partial charge in [0, 0.05) is 18.5 Å². The van der Waals surface area contributed by atoms with Crippen LogP contribution in [0.2, 0.25) is 5.15 Å². The van der Waals surface area contributed by atoms with Crippen LogP contribution in [0.15, 0.2) is 48.5 Å². The van der Waals surface area contributed by atoms with Gasteiger partial charge >= 0.3 is 45.5 Å². The van der Waals surface area contributed by atoms with E-state index in [1.807, 2.05) is 28.8 Å². The van der Waals surface area contributed by atoms with E-state index in [1.165, 1.54) is 0 Å². The quantitative estimate of drug-likeness (QED) is 0.347. The van der Waals surface area contributed by atoms with Gasteiger partial charge in [0.25, 0.3) is 0 Å². The fraction of sp³-hybridized carbons (Fsp3) is 0.273. The van der Waals surface area contributed by atoms with Crippen LogP contribution in [0.3, 0.4) is 0 Å². The number of hydrogen-bond donors (Lipinski definition) is 2. The SMILES string of the molecule is CCCCc1nc(Cl)c(CO)n1Cc1ccc(-c2ccccc2-c2nn[nH]n2)cc1.[H-].[H-].[Sr+2]. The van der Waals surface area contributed by atoms with Crippen LogP contribution in [0.1, 0.15) is 39.7 Å². The number of aromatic amines is 1. The first kappa shape index (κ1) is 24.1. The van der Waals surface area contributed by atoms with Crippen molar-refractivity contribution in [3.63, 3.8) is 0 Å². The second-order valence-electron chi connectivity index (χ2n) is 7.09. The monoisotopic (exact) mass is 512 g/mol. The minimum Gasteiger partial charge on any atom is -1.00 e. The Morgan fingerprint density at radius 2 is 1.84 bits per heavy atom. The van der Waals surface area contributed by atoms with E-state index in [4.69, 9.17) is 11.6 Å². The number of benzene rings is 2. The molecule has 0 spiro atoms. The number of H-pyrrole nitrogens is 1. The zero-order chi connectivity index (χ0) is 20.9. The van der Waals surface area contributed by atoms with Crippen LogP contribution < -0.4 is 0 Å². The van der Waals surface area contributed by atoms with E-state index in [0.717, 1.165) is 47.3 Å². The van der Waals surface area contributed by atoms with Crippen molar-refractivity contribution in [2.45, 2.75) is 39.3 Å². The zero-order valence-corrected chi connectivity index (χ0v) is 21.7. The van der Waals surface area contributed by atoms with Gasteiger partial charge < -0.3 is 12.5 Å². The molecule has 0 unspecified atom stereocenters. The van der Waals surface area contributed by atoms with E-state index in [2.05, 4.69) is 56.8 Å². The van der Waals surface area contributed by atoms with Crippen LogP contribution in [0, 0.1) is 0 Å². The minimum absolute atomic E-state index is 0. The topological polar surface area (TPSA) is 92.5 Å². The van der Waals surface area contributed by atoms with Crippen molar-refractivity contribution in [2.24, 2.45) is 0 Å². The predicted octanol–water partition coefficient (Wildman–Crippen LogP) is 4.11. The van der Waals surface area contributed by atoms with Crippen LogP contribution in [-0.4, -0.2) is 80.8 Å². The molecular formula is C22H25ClN6OSr. The van der Waals surface area contributed by atoms with E-state index in [0.29, 0.717) is 23.2 Å². The van der Waals surface area contributed by atoms with Gasteiger partial charge in [-0.1, -0.05) is 73.5 Å². The van der Waals surface area contributed by atoms with Crippen molar-refractivity contribution in [2.75, 3.05) is 0 Å². The second kappa shape index (κ2) is 11.4. The van der Waals surface area contributed by atoms with Crippen LogP contribution in [-0.2, 0) is 19.6 Å². The van der Waals surface area contributed by atoms with Crippen molar-refractivity contribution in [1.82, 2.24) is 30.2 Å². The molecule has 0 aliphatic carbocycles. The molecule has 7 nitrogen and oxygen atoms in total. The summed E-state index contributed by atoms with van der Waals surface area (Å²) in [5.41, 5.74) is 4.80. The van der Waals surface area contributed by atoms with Gasteiger partial charge in [0.05, 0.1) is 12.3 Å². The molecular weight excluding hydrogens is 487 g/mol. The summed E-state index contributed by atoms with van der Waals surface area (Å²) in [6, 6.07) is 16.3. The van der Waals surface area contributed by atoms with Crippen LogP contribution >= 0.6 is 11.6 Å². The molecule has 2 aromatic carbocycles. The number of aliphatic hydroxyl groups excluding tert-OH is 1. The standard InChI is InChI=1S/C22H23ClN6O.Sr.2H/c1-2-3-8-20-24-21(23)19(14-30)29(20)13-15-9-11-16(12-10-15)17-6-4-5-7-18(17)22-25-27-28-26-22;;;/h4-7,9-12,30H,2-3,8,13-14H2,1H3,(H,25,26,27,28);;;/q;+2;2*-1. The average Bonchev–Trinajstić information content (AvgIpc) is 3.41. The predicted molar refractivity (Wildman–Crippen MR) is 124 cm³/mol. The summed E-state index contributed by atoms with van der Waals surface area (Å²) >= 11 is 6.26. The Morgan fingerprint density at radius 1 is 1.10 bits per heavy atom. The van der Waals surface area contributed by atoms with Gasteiger partial charge in [-0.05, 0) is 28.3 Å². The average molecular weight is 513 g/mol. The molecule has 0 amide bonds. The fourth-order valence-corrected chi connectivity index (χ4v) is 3.81. The molecule has 2 aromatic heterocycles. The molecule has 0 saturated carbocycles. The number of hydrogen-bond acceptors (Lipinski definition) is 5. The number of tetrazole rings is 1. The molecule has 0 atom stereocenters. The Hall–Kier alpha value is -1.55. The van der Waals surface area contributed by atoms with E-state index in [9.17, 15) is 5.11 Å². The molecule has 0 fully saturated rings. The molecule has 4 rings (SSSR count). The summed E-state index contributed by atoms with van der Waals surface area (Å²) in [6.07, 6.45) is 2.95. The van der Waals surface area contributed by atoms with Crippen molar-refractivity contribution in [1.29, 1.82) is 0 Å². The second-order valence-corrected chi connectivity index (χ2v) is 7.45. The molecule has 158 valence electrons. The molecule has 0 saturated heterocycles. The summed E-state index contributed by atoms with van der Waals surface area (Å²) in [6.45, 7) is 2.63. The summed E-state index contributed by atoms with van der Waals surface area (Å²) in [4.78, 5) is 4.47. The van der Waals surface area contributed by atoms with Crippen LogP contribution in [0.5, 0.6) is 0 Å². The van der Waals surface area contributed by atoms with Gasteiger partial charge in [0.1, 0.15) is 5.82 Å². The third-order valence-corrected chi connectivity index (χ3v) is 5.43. The first-order valence-corrected chi connectivity index (χ1v) is 10.4. The Bertz CT molecular complexity index is 1120. The number of imidazole rings is 1. The number of aryl methyl sites for hydroxylation is 1. The first-order valence-electron chi connectivity index (χ1n) is 9.98. The van der Waals surface area contributed by atoms with Gasteiger partial charge in [-0.15, -0.1) is 10.2 Å². The molecule has 0 aliphatic rings. The van der Waals surface area contributed by atoms with Gasteiger partial charge in [-0.25, -0.2) is 4.98 Å². The van der Waals surface area contributed by atoms with E-state index < -0.39 is 0 Å². The van der Waals surface area contributed by atoms with Crippen molar-refractivity contribution in [3.05, 3.63) is 70.8 Å². The maximum atomic E-state index is 9.77. The van der Waals surface area contributed by atoms with Crippen LogP contribution in [0.4, 0.5) is 0 Å². The third kappa shape index (κ3) is 5.45. The third-order valence-electron chi connectivity index (χ3n) is 5.13. The molecule has 9 heteroatoms. The summed E-state index contributed by atoms with van der Waals surface area (Å²) < 4.78 is 2.03. The Kier molecular flexibility index (Phi) is 8.83. The number of unbranched alkanes of at least 4 members (excludes halogenated alkanes) is 1. The minimum atomic E-state index is -0.131. The van der Waals surface area contributed by atoms with Gasteiger partial charge in [0.15, 0.2) is 5.15 Å². The molecule has 4 aromatic rings. The van der Waals surface area contributed by atoms with E-state index in [1.54, 1.807) is 0 Å². The largest absolute Gasteiger partial charge is 2.00 e. The molecule has 31 heavy (non-hydrogen) atoms. The number of nitrogens with zero attached hydrogens (tertiary/aromatic N) is 5. The van der Waals surface area contributed by atoms with E-state index in [-0.39, 0.29) is 54.9 Å². The molecule has 0 radical (unpaired) electrons. The van der Waals surface area contributed by atoms with Crippen LogP contribution in [0.25, 0.3) is 22.5 Å². The normalized spacial score (nSPS) is 10.8. The Balaban J connectivity index is 0.00000181.